The highest BCUT2D eigenvalue weighted by Gasteiger charge is 2.39. The van der Waals surface area contributed by atoms with Crippen LogP contribution < -0.4 is 14.5 Å². The maximum atomic E-state index is 11.8. The normalized spacial score (nSPS) is 15.8. The van der Waals surface area contributed by atoms with Crippen LogP contribution in [0.1, 0.15) is 64.5 Å². The van der Waals surface area contributed by atoms with E-state index in [9.17, 15) is 9.90 Å². The van der Waals surface area contributed by atoms with Crippen molar-refractivity contribution in [2.24, 2.45) is 12.5 Å². The van der Waals surface area contributed by atoms with Gasteiger partial charge in [-0.2, -0.15) is 5.10 Å². The summed E-state index contributed by atoms with van der Waals surface area (Å²) in [5.41, 5.74) is 4.00. The average Bonchev–Trinajstić information content (AvgIpc) is 3.24. The van der Waals surface area contributed by atoms with E-state index in [0.29, 0.717) is 25.6 Å². The highest BCUT2D eigenvalue weighted by atomic mass is 28.4. The smallest absolute Gasteiger partial charge is 0.407 e. The van der Waals surface area contributed by atoms with Gasteiger partial charge in [0.15, 0.2) is 0 Å². The van der Waals surface area contributed by atoms with Gasteiger partial charge in [0.05, 0.1) is 12.8 Å². The second kappa shape index (κ2) is 11.8. The Morgan fingerprint density at radius 3 is 2.44 bits per heavy atom. The topological polar surface area (TPSA) is 88.9 Å². The molecule has 1 aliphatic rings. The van der Waals surface area contributed by atoms with E-state index in [0.717, 1.165) is 35.5 Å². The molecule has 1 aliphatic heterocycles. The van der Waals surface area contributed by atoms with Crippen molar-refractivity contribution in [2.75, 3.05) is 18.5 Å². The fraction of sp³-hybridized carbons (Fsp3) is 0.500. The summed E-state index contributed by atoms with van der Waals surface area (Å²) in [6.45, 7) is 17.2. The van der Waals surface area contributed by atoms with Crippen LogP contribution in [-0.2, 0) is 13.6 Å². The zero-order valence-electron chi connectivity index (χ0n) is 25.8. The number of amides is 1. The Kier molecular flexibility index (Phi) is 8.78. The molecule has 2 heterocycles. The molecule has 222 valence electrons. The molecule has 1 aromatic heterocycles. The minimum Gasteiger partial charge on any atom is -0.544 e. The number of anilines is 2. The Labute approximate surface area is 245 Å². The van der Waals surface area contributed by atoms with Crippen LogP contribution in [0.25, 0.3) is 0 Å². The van der Waals surface area contributed by atoms with Gasteiger partial charge in [-0.15, -0.1) is 0 Å². The van der Waals surface area contributed by atoms with Gasteiger partial charge in [0.2, 0.25) is 14.2 Å². The minimum absolute atomic E-state index is 0.102. The molecule has 3 aromatic rings. The number of aromatic nitrogens is 2. The van der Waals surface area contributed by atoms with Crippen LogP contribution in [0, 0.1) is 5.41 Å². The molecule has 2 N–H and O–H groups in total. The fourth-order valence-corrected chi connectivity index (χ4v) is 6.22. The summed E-state index contributed by atoms with van der Waals surface area (Å²) < 4.78 is 14.4. The summed E-state index contributed by atoms with van der Waals surface area (Å²) in [6.07, 6.45) is 2.65. The van der Waals surface area contributed by atoms with Gasteiger partial charge >= 0.3 is 6.09 Å². The number of carboxylic acid groups (broad SMARTS) is 1. The number of carbonyl (C=O) groups is 1. The van der Waals surface area contributed by atoms with E-state index in [1.54, 1.807) is 10.9 Å². The largest absolute Gasteiger partial charge is 0.544 e. The lowest BCUT2D eigenvalue weighted by Gasteiger charge is -2.42. The Morgan fingerprint density at radius 1 is 1.10 bits per heavy atom. The van der Waals surface area contributed by atoms with Crippen molar-refractivity contribution in [1.82, 2.24) is 14.7 Å². The van der Waals surface area contributed by atoms with Crippen molar-refractivity contribution in [3.63, 3.8) is 0 Å². The Hall–Kier alpha value is -3.46. The quantitative estimate of drug-likeness (QED) is 0.187. The predicted molar refractivity (Wildman–Crippen MR) is 167 cm³/mol. The van der Waals surface area contributed by atoms with E-state index < -0.39 is 14.4 Å². The molecule has 4 rings (SSSR count). The highest BCUT2D eigenvalue weighted by molar-refractivity contribution is 6.74. The van der Waals surface area contributed by atoms with E-state index in [2.05, 4.69) is 64.2 Å². The maximum Gasteiger partial charge on any atom is 0.407 e. The summed E-state index contributed by atoms with van der Waals surface area (Å²) in [6, 6.07) is 16.3. The van der Waals surface area contributed by atoms with Crippen LogP contribution in [0.15, 0.2) is 54.7 Å². The van der Waals surface area contributed by atoms with Crippen molar-refractivity contribution < 1.29 is 19.1 Å². The van der Waals surface area contributed by atoms with Crippen LogP contribution >= 0.6 is 0 Å². The second-order valence-corrected chi connectivity index (χ2v) is 18.1. The number of ether oxygens (including phenoxy) is 1. The van der Waals surface area contributed by atoms with Crippen molar-refractivity contribution in [2.45, 2.75) is 78.1 Å². The fourth-order valence-electron chi connectivity index (χ4n) is 5.18. The van der Waals surface area contributed by atoms with Crippen molar-refractivity contribution in [3.8, 4) is 11.6 Å². The lowest BCUT2D eigenvalue weighted by Crippen LogP contribution is -2.43. The lowest BCUT2D eigenvalue weighted by molar-refractivity contribution is 0.113. The molecular weight excluding hydrogens is 532 g/mol. The first kappa shape index (κ1) is 30.5. The molecule has 0 aliphatic carbocycles. The summed E-state index contributed by atoms with van der Waals surface area (Å²) in [7, 11) is -0.0195. The molecule has 0 fully saturated rings. The monoisotopic (exact) mass is 578 g/mol. The average molecular weight is 579 g/mol. The molecule has 41 heavy (non-hydrogen) atoms. The zero-order valence-corrected chi connectivity index (χ0v) is 26.8. The van der Waals surface area contributed by atoms with Crippen LogP contribution in [-0.4, -0.2) is 47.3 Å². The summed E-state index contributed by atoms with van der Waals surface area (Å²) in [4.78, 5) is 13.4. The van der Waals surface area contributed by atoms with Gasteiger partial charge in [-0.3, -0.25) is 0 Å². The summed E-state index contributed by atoms with van der Waals surface area (Å²) >= 11 is 0. The first-order valence-corrected chi connectivity index (χ1v) is 17.4. The second-order valence-electron chi connectivity index (χ2n) is 13.4. The predicted octanol–water partition coefficient (Wildman–Crippen LogP) is 8.01. The minimum atomic E-state index is -1.89. The summed E-state index contributed by atoms with van der Waals surface area (Å²) in [5.74, 6) is 1.70. The molecule has 0 radical (unpaired) electrons. The first-order valence-electron chi connectivity index (χ1n) is 14.4. The van der Waals surface area contributed by atoms with E-state index in [-0.39, 0.29) is 16.4 Å². The van der Waals surface area contributed by atoms with Crippen LogP contribution in [0.3, 0.4) is 0 Å². The van der Waals surface area contributed by atoms with Crippen LogP contribution in [0.4, 0.5) is 16.2 Å². The number of aryl methyl sites for hydroxylation is 1. The SMILES string of the molecule is Cn1ncc(Nc2ccc(O[Si](C)(C)C(C)(C)C)cc2)c1OCCCC(C)(C)C1CN(C(=O)O)Cc2ccccc21. The Bertz CT molecular complexity index is 1340. The Morgan fingerprint density at radius 2 is 1.78 bits per heavy atom. The molecule has 1 amide bonds. The summed E-state index contributed by atoms with van der Waals surface area (Å²) in [5, 5.41) is 17.7. The molecule has 0 saturated carbocycles. The van der Waals surface area contributed by atoms with Gasteiger partial charge in [-0.05, 0) is 71.8 Å². The van der Waals surface area contributed by atoms with E-state index in [1.165, 1.54) is 10.5 Å². The highest BCUT2D eigenvalue weighted by Crippen LogP contribution is 2.44. The molecular formula is C32H46N4O4Si. The standard InChI is InChI=1S/C32H46N4O4Si/c1-31(2,3)41(7,8)40-25-16-14-24(15-17-25)34-28-20-33-35(6)29(28)39-19-11-18-32(4,5)27-22-36(30(37)38)21-23-12-9-10-13-26(23)27/h9-10,12-17,20,27,34H,11,18-19,21-22H2,1-8H3,(H,37,38). The lowest BCUT2D eigenvalue weighted by atomic mass is 9.69. The van der Waals surface area contributed by atoms with Gasteiger partial charge in [0, 0.05) is 31.7 Å². The number of hydrogen-bond donors (Lipinski definition) is 2. The van der Waals surface area contributed by atoms with E-state index >= 15 is 0 Å². The number of nitrogens with one attached hydrogen (secondary N) is 1. The van der Waals surface area contributed by atoms with Gasteiger partial charge in [0.25, 0.3) is 0 Å². The molecule has 0 saturated heterocycles. The van der Waals surface area contributed by atoms with E-state index in [1.807, 2.05) is 49.5 Å². The third-order valence-electron chi connectivity index (χ3n) is 8.81. The van der Waals surface area contributed by atoms with Crippen molar-refractivity contribution >= 4 is 25.8 Å². The van der Waals surface area contributed by atoms with Gasteiger partial charge in [-0.1, -0.05) is 58.9 Å². The molecule has 9 heteroatoms. The first-order chi connectivity index (χ1) is 19.2. The van der Waals surface area contributed by atoms with Gasteiger partial charge in [-0.25, -0.2) is 9.48 Å². The van der Waals surface area contributed by atoms with Crippen molar-refractivity contribution in [3.05, 3.63) is 65.9 Å². The molecule has 0 spiro atoms. The van der Waals surface area contributed by atoms with Crippen molar-refractivity contribution in [1.29, 1.82) is 0 Å². The third-order valence-corrected chi connectivity index (χ3v) is 13.2. The number of rotatable bonds is 10. The van der Waals surface area contributed by atoms with Gasteiger partial charge < -0.3 is 24.5 Å². The number of nitrogens with zero attached hydrogens (tertiary/aromatic N) is 3. The number of fused-ring (bicyclic) bond motifs is 1. The maximum absolute atomic E-state index is 11.8. The third kappa shape index (κ3) is 7.07. The number of hydrogen-bond acceptors (Lipinski definition) is 5. The number of benzene rings is 2. The molecule has 0 bridgehead atoms. The zero-order chi connectivity index (χ0) is 30.0. The molecule has 8 nitrogen and oxygen atoms in total. The molecule has 2 aromatic carbocycles. The Balaban J connectivity index is 1.36. The van der Waals surface area contributed by atoms with Crippen LogP contribution in [0.2, 0.25) is 18.1 Å². The van der Waals surface area contributed by atoms with E-state index in [4.69, 9.17) is 9.16 Å². The van der Waals surface area contributed by atoms with Crippen LogP contribution in [0.5, 0.6) is 11.6 Å². The molecule has 1 atom stereocenters. The molecule has 1 unspecified atom stereocenters. The van der Waals surface area contributed by atoms with Gasteiger partial charge in [0.1, 0.15) is 11.4 Å².